The first-order valence-corrected chi connectivity index (χ1v) is 10.2. The zero-order valence-corrected chi connectivity index (χ0v) is 17.3. The van der Waals surface area contributed by atoms with Gasteiger partial charge >= 0.3 is 12.1 Å². The van der Waals surface area contributed by atoms with Crippen molar-refractivity contribution in [3.05, 3.63) is 29.7 Å². The van der Waals surface area contributed by atoms with E-state index in [1.54, 1.807) is 0 Å². The minimum absolute atomic E-state index is 0.0598. The van der Waals surface area contributed by atoms with E-state index in [1.165, 1.54) is 18.4 Å². The summed E-state index contributed by atoms with van der Waals surface area (Å²) < 4.78 is 45.0. The highest BCUT2D eigenvalue weighted by Gasteiger charge is 2.38. The molecule has 1 saturated carbocycles. The number of nitrogens with one attached hydrogen (secondary N) is 1. The van der Waals surface area contributed by atoms with Crippen molar-refractivity contribution in [2.45, 2.75) is 63.9 Å². The van der Waals surface area contributed by atoms with Gasteiger partial charge in [0.25, 0.3) is 0 Å². The fourth-order valence-corrected chi connectivity index (χ4v) is 3.26. The van der Waals surface area contributed by atoms with Gasteiger partial charge in [0, 0.05) is 43.3 Å². The Morgan fingerprint density at radius 2 is 2.10 bits per heavy atom. The van der Waals surface area contributed by atoms with Gasteiger partial charge in [0.2, 0.25) is 5.89 Å². The third-order valence-electron chi connectivity index (χ3n) is 5.22. The minimum atomic E-state index is -5.08. The largest absolute Gasteiger partial charge is 0.490 e. The van der Waals surface area contributed by atoms with E-state index in [4.69, 9.17) is 19.2 Å². The first kappa shape index (κ1) is 23.2. The second kappa shape index (κ2) is 9.77. The van der Waals surface area contributed by atoms with Crippen LogP contribution < -0.4 is 5.32 Å². The SMILES string of the molecule is CCn1cc(C2OCCC2CNC(C)c2nc(C3CC3)no2)cn1.O=C(O)C(F)(F)F. The van der Waals surface area contributed by atoms with E-state index >= 15 is 0 Å². The van der Waals surface area contributed by atoms with Crippen LogP contribution >= 0.6 is 0 Å². The van der Waals surface area contributed by atoms with Crippen molar-refractivity contribution >= 4 is 5.97 Å². The normalized spacial score (nSPS) is 22.1. The smallest absolute Gasteiger partial charge is 0.475 e. The van der Waals surface area contributed by atoms with Gasteiger partial charge in [-0.1, -0.05) is 5.16 Å². The molecule has 1 saturated heterocycles. The number of hydrogen-bond donors (Lipinski definition) is 2. The molecule has 2 aromatic rings. The van der Waals surface area contributed by atoms with Crippen LogP contribution in [0.1, 0.15) is 68.5 Å². The van der Waals surface area contributed by atoms with E-state index in [-0.39, 0.29) is 12.1 Å². The molecule has 0 aromatic carbocycles. The van der Waals surface area contributed by atoms with E-state index in [1.807, 2.05) is 10.9 Å². The predicted octanol–water partition coefficient (Wildman–Crippen LogP) is 3.23. The minimum Gasteiger partial charge on any atom is -0.475 e. The molecule has 0 amide bonds. The molecular weight excluding hydrogens is 419 g/mol. The fourth-order valence-electron chi connectivity index (χ4n) is 3.26. The highest BCUT2D eigenvalue weighted by molar-refractivity contribution is 5.73. The van der Waals surface area contributed by atoms with Crippen LogP contribution in [0, 0.1) is 5.92 Å². The molecule has 172 valence electrons. The van der Waals surface area contributed by atoms with Gasteiger partial charge in [-0.25, -0.2) is 4.79 Å². The van der Waals surface area contributed by atoms with Crippen LogP contribution in [-0.2, 0) is 16.1 Å². The summed E-state index contributed by atoms with van der Waals surface area (Å²) in [6.45, 7) is 6.71. The van der Waals surface area contributed by atoms with E-state index in [9.17, 15) is 13.2 Å². The zero-order valence-electron chi connectivity index (χ0n) is 17.3. The topological polar surface area (TPSA) is 115 Å². The van der Waals surface area contributed by atoms with Gasteiger partial charge in [-0.3, -0.25) is 4.68 Å². The molecule has 0 spiro atoms. The summed E-state index contributed by atoms with van der Waals surface area (Å²) in [6, 6.07) is 0.0598. The summed E-state index contributed by atoms with van der Waals surface area (Å²) in [6.07, 6.45) is 2.48. The summed E-state index contributed by atoms with van der Waals surface area (Å²) in [5, 5.41) is 19.1. The molecule has 31 heavy (non-hydrogen) atoms. The average Bonchev–Trinajstić information content (AvgIpc) is 3.15. The van der Waals surface area contributed by atoms with Gasteiger partial charge in [-0.15, -0.1) is 0 Å². The Balaban J connectivity index is 0.000000339. The number of alkyl halides is 3. The number of ether oxygens (including phenoxy) is 1. The van der Waals surface area contributed by atoms with Gasteiger partial charge in [0.15, 0.2) is 5.82 Å². The lowest BCUT2D eigenvalue weighted by atomic mass is 9.97. The standard InChI is InChI=1S/C17H25N5O2.C2HF3O2/c1-3-22-10-14(9-19-22)15-13(6-7-23-15)8-18-11(2)17-20-16(21-24-17)12-4-5-12;3-2(4,5)1(6)7/h9-13,15,18H,3-8H2,1-2H3;(H,6,7). The predicted molar refractivity (Wildman–Crippen MR) is 101 cm³/mol. The Hall–Kier alpha value is -2.47. The highest BCUT2D eigenvalue weighted by Crippen LogP contribution is 2.38. The molecule has 4 rings (SSSR count). The maximum Gasteiger partial charge on any atom is 0.490 e. The van der Waals surface area contributed by atoms with Gasteiger partial charge in [0.1, 0.15) is 0 Å². The van der Waals surface area contributed by atoms with Crippen molar-refractivity contribution in [3.8, 4) is 0 Å². The molecule has 2 aliphatic rings. The number of hydrogen-bond acceptors (Lipinski definition) is 7. The van der Waals surface area contributed by atoms with Crippen molar-refractivity contribution in [2.75, 3.05) is 13.2 Å². The third-order valence-corrected chi connectivity index (χ3v) is 5.22. The van der Waals surface area contributed by atoms with Gasteiger partial charge in [0.05, 0.1) is 18.3 Å². The molecule has 0 bridgehead atoms. The van der Waals surface area contributed by atoms with Crippen LogP contribution in [0.15, 0.2) is 16.9 Å². The van der Waals surface area contributed by atoms with Gasteiger partial charge in [-0.2, -0.15) is 23.3 Å². The quantitative estimate of drug-likeness (QED) is 0.668. The Labute approximate surface area is 176 Å². The number of carbonyl (C=O) groups is 1. The first-order chi connectivity index (χ1) is 14.7. The van der Waals surface area contributed by atoms with Crippen molar-refractivity contribution in [2.24, 2.45) is 5.92 Å². The van der Waals surface area contributed by atoms with Crippen LogP contribution in [0.25, 0.3) is 0 Å². The van der Waals surface area contributed by atoms with Crippen molar-refractivity contribution in [1.82, 2.24) is 25.2 Å². The van der Waals surface area contributed by atoms with Crippen LogP contribution in [-0.4, -0.2) is 50.3 Å². The number of rotatable bonds is 7. The van der Waals surface area contributed by atoms with Crippen molar-refractivity contribution in [1.29, 1.82) is 0 Å². The van der Waals surface area contributed by atoms with Crippen LogP contribution in [0.4, 0.5) is 13.2 Å². The highest BCUT2D eigenvalue weighted by atomic mass is 19.4. The fraction of sp³-hybridized carbons (Fsp3) is 0.684. The number of aliphatic carboxylic acids is 1. The monoisotopic (exact) mass is 445 g/mol. The number of aryl methyl sites for hydroxylation is 1. The number of nitrogens with zero attached hydrogens (tertiary/aromatic N) is 4. The molecular formula is C19H26F3N5O4. The second-order valence-electron chi connectivity index (χ2n) is 7.67. The molecule has 2 fully saturated rings. The first-order valence-electron chi connectivity index (χ1n) is 10.2. The Kier molecular flexibility index (Phi) is 7.31. The summed E-state index contributed by atoms with van der Waals surface area (Å²) in [4.78, 5) is 13.4. The summed E-state index contributed by atoms with van der Waals surface area (Å²) >= 11 is 0. The van der Waals surface area contributed by atoms with E-state index < -0.39 is 12.1 Å². The van der Waals surface area contributed by atoms with E-state index in [0.717, 1.165) is 31.9 Å². The molecule has 1 aliphatic heterocycles. The molecule has 3 heterocycles. The zero-order chi connectivity index (χ0) is 22.6. The second-order valence-corrected chi connectivity index (χ2v) is 7.67. The molecule has 1 aliphatic carbocycles. The molecule has 12 heteroatoms. The van der Waals surface area contributed by atoms with Crippen molar-refractivity contribution < 1.29 is 32.3 Å². The third kappa shape index (κ3) is 6.26. The Morgan fingerprint density at radius 1 is 1.39 bits per heavy atom. The lowest BCUT2D eigenvalue weighted by molar-refractivity contribution is -0.192. The van der Waals surface area contributed by atoms with Crippen LogP contribution in [0.5, 0.6) is 0 Å². The van der Waals surface area contributed by atoms with Gasteiger partial charge in [-0.05, 0) is 33.1 Å². The van der Waals surface area contributed by atoms with E-state index in [0.29, 0.717) is 17.7 Å². The van der Waals surface area contributed by atoms with Crippen LogP contribution in [0.2, 0.25) is 0 Å². The lowest BCUT2D eigenvalue weighted by Crippen LogP contribution is -2.27. The van der Waals surface area contributed by atoms with Crippen LogP contribution in [0.3, 0.4) is 0 Å². The average molecular weight is 445 g/mol. The maximum atomic E-state index is 10.6. The molecule has 9 nitrogen and oxygen atoms in total. The molecule has 3 unspecified atom stereocenters. The van der Waals surface area contributed by atoms with Gasteiger partial charge < -0.3 is 19.7 Å². The maximum absolute atomic E-state index is 10.6. The molecule has 0 radical (unpaired) electrons. The lowest BCUT2D eigenvalue weighted by Gasteiger charge is -2.19. The summed E-state index contributed by atoms with van der Waals surface area (Å²) in [5.41, 5.74) is 1.17. The number of carboxylic acids is 1. The summed E-state index contributed by atoms with van der Waals surface area (Å²) in [7, 11) is 0. The molecule has 2 aromatic heterocycles. The molecule has 2 N–H and O–H groups in total. The Bertz CT molecular complexity index is 865. The summed E-state index contributed by atoms with van der Waals surface area (Å²) in [5.74, 6) is -0.239. The number of halogens is 3. The number of carboxylic acid groups (broad SMARTS) is 1. The van der Waals surface area contributed by atoms with E-state index in [2.05, 4.69) is 40.6 Å². The number of aromatic nitrogens is 4. The van der Waals surface area contributed by atoms with Crippen molar-refractivity contribution in [3.63, 3.8) is 0 Å². The molecule has 3 atom stereocenters. The Morgan fingerprint density at radius 3 is 2.68 bits per heavy atom.